The lowest BCUT2D eigenvalue weighted by atomic mass is 9.89. The first-order valence-electron chi connectivity index (χ1n) is 8.88. The fraction of sp³-hybridized carbons (Fsp3) is 0.778. The Balaban J connectivity index is 1.38. The minimum Gasteiger partial charge on any atom is -0.356 e. The SMILES string of the molecule is CC(C)(C)c1csc(CCNC(=O)CC2CC3CCC(C2)N3)n1. The monoisotopic (exact) mass is 335 g/mol. The van der Waals surface area contributed by atoms with Crippen molar-refractivity contribution in [3.63, 3.8) is 0 Å². The zero-order valence-corrected chi connectivity index (χ0v) is 15.3. The topological polar surface area (TPSA) is 54.0 Å². The Morgan fingerprint density at radius 1 is 1.35 bits per heavy atom. The number of aromatic nitrogens is 1. The number of thiazole rings is 1. The molecule has 3 rings (SSSR count). The normalized spacial score (nSPS) is 27.2. The van der Waals surface area contributed by atoms with Gasteiger partial charge in [-0.15, -0.1) is 11.3 Å². The van der Waals surface area contributed by atoms with E-state index in [1.165, 1.54) is 25.7 Å². The van der Waals surface area contributed by atoms with Gasteiger partial charge in [0.2, 0.25) is 5.91 Å². The molecule has 2 aliphatic heterocycles. The molecule has 5 heteroatoms. The molecule has 1 aromatic rings. The highest BCUT2D eigenvalue weighted by atomic mass is 32.1. The molecular formula is C18H29N3OS. The lowest BCUT2D eigenvalue weighted by molar-refractivity contribution is -0.122. The van der Waals surface area contributed by atoms with Crippen LogP contribution in [0.3, 0.4) is 0 Å². The number of fused-ring (bicyclic) bond motifs is 2. The summed E-state index contributed by atoms with van der Waals surface area (Å²) < 4.78 is 0. The second kappa shape index (κ2) is 6.89. The summed E-state index contributed by atoms with van der Waals surface area (Å²) in [6.45, 7) is 7.24. The Morgan fingerprint density at radius 3 is 2.65 bits per heavy atom. The van der Waals surface area contributed by atoms with Gasteiger partial charge >= 0.3 is 0 Å². The fourth-order valence-electron chi connectivity index (χ4n) is 3.76. The van der Waals surface area contributed by atoms with Crippen molar-refractivity contribution < 1.29 is 4.79 Å². The maximum absolute atomic E-state index is 12.2. The van der Waals surface area contributed by atoms with Crippen molar-refractivity contribution in [2.45, 2.75) is 76.8 Å². The number of hydrogen-bond donors (Lipinski definition) is 2. The van der Waals surface area contributed by atoms with Crippen molar-refractivity contribution >= 4 is 17.2 Å². The summed E-state index contributed by atoms with van der Waals surface area (Å²) in [7, 11) is 0. The Labute approximate surface area is 143 Å². The molecule has 2 atom stereocenters. The molecule has 2 aliphatic rings. The maximum Gasteiger partial charge on any atom is 0.220 e. The smallest absolute Gasteiger partial charge is 0.220 e. The minimum absolute atomic E-state index is 0.104. The molecule has 0 saturated carbocycles. The number of hydrogen-bond acceptors (Lipinski definition) is 4. The van der Waals surface area contributed by atoms with E-state index >= 15 is 0 Å². The minimum atomic E-state index is 0.104. The summed E-state index contributed by atoms with van der Waals surface area (Å²) in [5.41, 5.74) is 1.25. The first-order chi connectivity index (χ1) is 10.9. The van der Waals surface area contributed by atoms with Crippen molar-refractivity contribution in [1.82, 2.24) is 15.6 Å². The molecule has 2 bridgehead atoms. The van der Waals surface area contributed by atoms with Crippen LogP contribution in [0.1, 0.15) is 63.6 Å². The zero-order chi connectivity index (χ0) is 16.4. The highest BCUT2D eigenvalue weighted by Gasteiger charge is 2.34. The van der Waals surface area contributed by atoms with Gasteiger partial charge in [0.25, 0.3) is 0 Å². The van der Waals surface area contributed by atoms with Gasteiger partial charge in [-0.25, -0.2) is 4.98 Å². The van der Waals surface area contributed by atoms with Crippen LogP contribution in [-0.4, -0.2) is 29.5 Å². The van der Waals surface area contributed by atoms with Gasteiger partial charge in [0.05, 0.1) is 10.7 Å². The van der Waals surface area contributed by atoms with Gasteiger partial charge in [0.1, 0.15) is 0 Å². The molecule has 0 aliphatic carbocycles. The second-order valence-corrected chi connectivity index (χ2v) is 9.10. The maximum atomic E-state index is 12.2. The van der Waals surface area contributed by atoms with Crippen LogP contribution in [-0.2, 0) is 16.6 Å². The molecule has 0 spiro atoms. The van der Waals surface area contributed by atoms with Gasteiger partial charge in [-0.3, -0.25) is 4.79 Å². The van der Waals surface area contributed by atoms with Crippen molar-refractivity contribution in [2.24, 2.45) is 5.92 Å². The molecular weight excluding hydrogens is 306 g/mol. The number of nitrogens with zero attached hydrogens (tertiary/aromatic N) is 1. The molecule has 3 heterocycles. The average molecular weight is 336 g/mol. The third kappa shape index (κ3) is 4.54. The van der Waals surface area contributed by atoms with E-state index in [0.717, 1.165) is 17.1 Å². The molecule has 1 aromatic heterocycles. The highest BCUT2D eigenvalue weighted by Crippen LogP contribution is 2.32. The lowest BCUT2D eigenvalue weighted by Crippen LogP contribution is -2.39. The van der Waals surface area contributed by atoms with Gasteiger partial charge in [0.15, 0.2) is 0 Å². The van der Waals surface area contributed by atoms with Gasteiger partial charge in [-0.1, -0.05) is 20.8 Å². The molecule has 23 heavy (non-hydrogen) atoms. The van der Waals surface area contributed by atoms with Crippen LogP contribution in [0, 0.1) is 5.92 Å². The van der Waals surface area contributed by atoms with Gasteiger partial charge in [0, 0.05) is 42.3 Å². The van der Waals surface area contributed by atoms with Crippen LogP contribution in [0.2, 0.25) is 0 Å². The van der Waals surface area contributed by atoms with E-state index in [0.29, 0.717) is 31.0 Å². The first-order valence-corrected chi connectivity index (χ1v) is 9.76. The van der Waals surface area contributed by atoms with E-state index in [1.54, 1.807) is 11.3 Å². The Morgan fingerprint density at radius 2 is 2.04 bits per heavy atom. The Hall–Kier alpha value is -0.940. The van der Waals surface area contributed by atoms with E-state index < -0.39 is 0 Å². The second-order valence-electron chi connectivity index (χ2n) is 8.16. The quantitative estimate of drug-likeness (QED) is 0.870. The van der Waals surface area contributed by atoms with E-state index in [4.69, 9.17) is 0 Å². The van der Waals surface area contributed by atoms with E-state index in [9.17, 15) is 4.79 Å². The summed E-state index contributed by atoms with van der Waals surface area (Å²) in [6, 6.07) is 1.33. The third-order valence-electron chi connectivity index (χ3n) is 5.03. The van der Waals surface area contributed by atoms with E-state index in [-0.39, 0.29) is 11.3 Å². The molecule has 2 fully saturated rings. The molecule has 2 unspecified atom stereocenters. The van der Waals surface area contributed by atoms with Crippen LogP contribution >= 0.6 is 11.3 Å². The predicted octanol–water partition coefficient (Wildman–Crippen LogP) is 3.02. The van der Waals surface area contributed by atoms with Crippen molar-refractivity contribution in [3.05, 3.63) is 16.1 Å². The van der Waals surface area contributed by atoms with Crippen LogP contribution < -0.4 is 10.6 Å². The first kappa shape index (κ1) is 16.9. The number of nitrogens with one attached hydrogen (secondary N) is 2. The van der Waals surface area contributed by atoms with Gasteiger partial charge in [-0.2, -0.15) is 0 Å². The van der Waals surface area contributed by atoms with Crippen LogP contribution in [0.15, 0.2) is 5.38 Å². The summed E-state index contributed by atoms with van der Waals surface area (Å²) >= 11 is 1.70. The van der Waals surface area contributed by atoms with E-state index in [2.05, 4.69) is 41.8 Å². The summed E-state index contributed by atoms with van der Waals surface area (Å²) in [5, 5.41) is 9.98. The highest BCUT2D eigenvalue weighted by molar-refractivity contribution is 7.09. The average Bonchev–Trinajstić information content (AvgIpc) is 3.05. The number of amides is 1. The number of piperidine rings is 1. The standard InChI is InChI=1S/C18H29N3OS/c1-18(2,3)15-11-23-17(21-15)6-7-19-16(22)10-12-8-13-4-5-14(9-12)20-13/h11-14,20H,4-10H2,1-3H3,(H,19,22). The van der Waals surface area contributed by atoms with Gasteiger partial charge < -0.3 is 10.6 Å². The number of carbonyl (C=O) groups excluding carboxylic acids is 1. The molecule has 1 amide bonds. The zero-order valence-electron chi connectivity index (χ0n) is 14.5. The largest absolute Gasteiger partial charge is 0.356 e. The van der Waals surface area contributed by atoms with Crippen molar-refractivity contribution in [2.75, 3.05) is 6.54 Å². The third-order valence-corrected chi connectivity index (χ3v) is 5.93. The predicted molar refractivity (Wildman–Crippen MR) is 94.8 cm³/mol. The summed E-state index contributed by atoms with van der Waals surface area (Å²) in [4.78, 5) is 16.8. The molecule has 4 nitrogen and oxygen atoms in total. The summed E-state index contributed by atoms with van der Waals surface area (Å²) in [6.07, 6.45) is 6.46. The lowest BCUT2D eigenvalue weighted by Gasteiger charge is -2.28. The van der Waals surface area contributed by atoms with Crippen molar-refractivity contribution in [3.8, 4) is 0 Å². The number of rotatable bonds is 5. The Bertz CT molecular complexity index is 537. The summed E-state index contributed by atoms with van der Waals surface area (Å²) in [5.74, 6) is 0.782. The van der Waals surface area contributed by atoms with Crippen LogP contribution in [0.5, 0.6) is 0 Å². The molecule has 0 aromatic carbocycles. The van der Waals surface area contributed by atoms with Crippen LogP contribution in [0.4, 0.5) is 0 Å². The van der Waals surface area contributed by atoms with Crippen LogP contribution in [0.25, 0.3) is 0 Å². The molecule has 128 valence electrons. The molecule has 2 saturated heterocycles. The number of carbonyl (C=O) groups is 1. The van der Waals surface area contributed by atoms with Gasteiger partial charge in [-0.05, 0) is 31.6 Å². The Kier molecular flexibility index (Phi) is 5.07. The molecule has 0 radical (unpaired) electrons. The molecule has 2 N–H and O–H groups in total. The van der Waals surface area contributed by atoms with E-state index in [1.807, 2.05) is 0 Å². The fourth-order valence-corrected chi connectivity index (χ4v) is 4.78. The van der Waals surface area contributed by atoms with Crippen molar-refractivity contribution in [1.29, 1.82) is 0 Å².